The average Bonchev–Trinajstić information content (AvgIpc) is 3.48. The van der Waals surface area contributed by atoms with Gasteiger partial charge in [0.15, 0.2) is 0 Å². The molecule has 1 saturated carbocycles. The number of rotatable bonds is 5. The van der Waals surface area contributed by atoms with Crippen LogP contribution < -0.4 is 0 Å². The highest BCUT2D eigenvalue weighted by Crippen LogP contribution is 2.44. The van der Waals surface area contributed by atoms with Gasteiger partial charge < -0.3 is 4.90 Å². The van der Waals surface area contributed by atoms with E-state index in [0.29, 0.717) is 17.8 Å². The lowest BCUT2D eigenvalue weighted by molar-refractivity contribution is 0.0774. The lowest BCUT2D eigenvalue weighted by Gasteiger charge is -2.23. The Morgan fingerprint density at radius 2 is 1.83 bits per heavy atom. The van der Waals surface area contributed by atoms with Crippen LogP contribution in [0.3, 0.4) is 0 Å². The first-order chi connectivity index (χ1) is 14.3. The van der Waals surface area contributed by atoms with Gasteiger partial charge in [0.2, 0.25) is 0 Å². The number of pyridine rings is 1. The SMILES string of the molecule is O=C(c1ccccc1CN1CCCC1)N1C[C@H]2CC[C@H](Cc3ccccn3)[C@H]2C1. The van der Waals surface area contributed by atoms with Gasteiger partial charge in [-0.3, -0.25) is 14.7 Å². The first kappa shape index (κ1) is 18.8. The van der Waals surface area contributed by atoms with Crippen LogP contribution in [0, 0.1) is 17.8 Å². The molecule has 0 spiro atoms. The van der Waals surface area contributed by atoms with Gasteiger partial charge in [-0.1, -0.05) is 24.3 Å². The maximum Gasteiger partial charge on any atom is 0.254 e. The molecule has 4 nitrogen and oxygen atoms in total. The Morgan fingerprint density at radius 3 is 2.66 bits per heavy atom. The molecule has 0 radical (unpaired) electrons. The van der Waals surface area contributed by atoms with Crippen LogP contribution in [0.2, 0.25) is 0 Å². The summed E-state index contributed by atoms with van der Waals surface area (Å²) < 4.78 is 0. The molecule has 5 rings (SSSR count). The van der Waals surface area contributed by atoms with E-state index in [1.165, 1.54) is 36.9 Å². The largest absolute Gasteiger partial charge is 0.338 e. The van der Waals surface area contributed by atoms with E-state index < -0.39 is 0 Å². The number of carbonyl (C=O) groups is 1. The van der Waals surface area contributed by atoms with Crippen LogP contribution >= 0.6 is 0 Å². The Bertz CT molecular complexity index is 846. The molecule has 3 fully saturated rings. The molecule has 4 heteroatoms. The third kappa shape index (κ3) is 3.95. The second-order valence-corrected chi connectivity index (χ2v) is 9.14. The van der Waals surface area contributed by atoms with Crippen LogP contribution in [-0.4, -0.2) is 46.9 Å². The summed E-state index contributed by atoms with van der Waals surface area (Å²) in [5, 5.41) is 0. The van der Waals surface area contributed by atoms with Gasteiger partial charge in [-0.25, -0.2) is 0 Å². The Hall–Kier alpha value is -2.20. The fourth-order valence-corrected chi connectivity index (χ4v) is 5.80. The molecule has 3 aliphatic rings. The molecular weight excluding hydrogens is 358 g/mol. The molecule has 0 unspecified atom stereocenters. The fourth-order valence-electron chi connectivity index (χ4n) is 5.80. The molecule has 0 N–H and O–H groups in total. The number of aromatic nitrogens is 1. The monoisotopic (exact) mass is 389 g/mol. The van der Waals surface area contributed by atoms with E-state index in [4.69, 9.17) is 0 Å². The van der Waals surface area contributed by atoms with Crippen molar-refractivity contribution in [1.82, 2.24) is 14.8 Å². The van der Waals surface area contributed by atoms with Crippen molar-refractivity contribution in [2.75, 3.05) is 26.2 Å². The summed E-state index contributed by atoms with van der Waals surface area (Å²) in [6.07, 6.45) is 8.03. The Balaban J connectivity index is 1.27. The summed E-state index contributed by atoms with van der Waals surface area (Å²) in [7, 11) is 0. The van der Waals surface area contributed by atoms with Gasteiger partial charge in [-0.05, 0) is 86.7 Å². The van der Waals surface area contributed by atoms with E-state index in [0.717, 1.165) is 44.7 Å². The van der Waals surface area contributed by atoms with Crippen LogP contribution in [0.25, 0.3) is 0 Å². The fraction of sp³-hybridized carbons (Fsp3) is 0.520. The number of nitrogens with zero attached hydrogens (tertiary/aromatic N) is 3. The van der Waals surface area contributed by atoms with E-state index >= 15 is 0 Å². The second kappa shape index (κ2) is 8.27. The average molecular weight is 390 g/mol. The molecule has 1 amide bonds. The normalized spacial score (nSPS) is 26.8. The van der Waals surface area contributed by atoms with Crippen molar-refractivity contribution < 1.29 is 4.79 Å². The molecule has 3 atom stereocenters. The van der Waals surface area contributed by atoms with Gasteiger partial charge in [0.25, 0.3) is 5.91 Å². The summed E-state index contributed by atoms with van der Waals surface area (Å²) >= 11 is 0. The summed E-state index contributed by atoms with van der Waals surface area (Å²) in [6.45, 7) is 5.07. The van der Waals surface area contributed by atoms with Crippen molar-refractivity contribution in [3.63, 3.8) is 0 Å². The van der Waals surface area contributed by atoms with Crippen molar-refractivity contribution in [2.45, 2.75) is 38.6 Å². The molecule has 0 bridgehead atoms. The van der Waals surface area contributed by atoms with Gasteiger partial charge in [0.1, 0.15) is 0 Å². The van der Waals surface area contributed by atoms with Crippen molar-refractivity contribution in [1.29, 1.82) is 0 Å². The minimum atomic E-state index is 0.241. The number of benzene rings is 1. The number of likely N-dealkylation sites (tertiary alicyclic amines) is 2. The van der Waals surface area contributed by atoms with E-state index in [-0.39, 0.29) is 5.91 Å². The van der Waals surface area contributed by atoms with E-state index in [1.807, 2.05) is 24.4 Å². The smallest absolute Gasteiger partial charge is 0.254 e. The topological polar surface area (TPSA) is 36.4 Å². The Labute approximate surface area is 173 Å². The van der Waals surface area contributed by atoms with Gasteiger partial charge in [0, 0.05) is 37.1 Å². The van der Waals surface area contributed by atoms with Gasteiger partial charge in [0.05, 0.1) is 0 Å². The van der Waals surface area contributed by atoms with Crippen molar-refractivity contribution in [2.24, 2.45) is 17.8 Å². The summed E-state index contributed by atoms with van der Waals surface area (Å²) in [5.41, 5.74) is 3.31. The third-order valence-corrected chi connectivity index (χ3v) is 7.33. The minimum absolute atomic E-state index is 0.241. The summed E-state index contributed by atoms with van der Waals surface area (Å²) in [6, 6.07) is 14.5. The van der Waals surface area contributed by atoms with Crippen LogP contribution in [0.1, 0.15) is 47.3 Å². The molecule has 1 aromatic carbocycles. The predicted octanol–water partition coefficient (Wildman–Crippen LogP) is 4.02. The van der Waals surface area contributed by atoms with E-state index in [1.54, 1.807) is 0 Å². The van der Waals surface area contributed by atoms with Crippen LogP contribution in [0.5, 0.6) is 0 Å². The summed E-state index contributed by atoms with van der Waals surface area (Å²) in [5.74, 6) is 2.20. The molecule has 152 valence electrons. The molecule has 1 aromatic heterocycles. The lowest BCUT2D eigenvalue weighted by atomic mass is 9.89. The van der Waals surface area contributed by atoms with Crippen LogP contribution in [0.4, 0.5) is 0 Å². The van der Waals surface area contributed by atoms with Gasteiger partial charge >= 0.3 is 0 Å². The zero-order valence-corrected chi connectivity index (χ0v) is 17.2. The lowest BCUT2D eigenvalue weighted by Crippen LogP contribution is -2.32. The zero-order chi connectivity index (χ0) is 19.6. The van der Waals surface area contributed by atoms with Crippen LogP contribution in [-0.2, 0) is 13.0 Å². The quantitative estimate of drug-likeness (QED) is 0.775. The maximum absolute atomic E-state index is 13.4. The molecule has 29 heavy (non-hydrogen) atoms. The Kier molecular flexibility index (Phi) is 5.36. The molecule has 2 aliphatic heterocycles. The number of hydrogen-bond donors (Lipinski definition) is 0. The second-order valence-electron chi connectivity index (χ2n) is 9.14. The van der Waals surface area contributed by atoms with Gasteiger partial charge in [-0.15, -0.1) is 0 Å². The number of carbonyl (C=O) groups excluding carboxylic acids is 1. The minimum Gasteiger partial charge on any atom is -0.338 e. The standard InChI is InChI=1S/C25H31N3O/c29-25(23-9-2-1-7-20(23)16-27-13-5-6-14-27)28-17-21-11-10-19(24(21)18-28)15-22-8-3-4-12-26-22/h1-4,7-9,12,19,21,24H,5-6,10-11,13-18H2/t19-,21-,24-/m1/s1. The number of fused-ring (bicyclic) bond motifs is 1. The molecule has 1 aliphatic carbocycles. The first-order valence-electron chi connectivity index (χ1n) is 11.3. The number of amides is 1. The van der Waals surface area contributed by atoms with E-state index in [9.17, 15) is 4.79 Å². The van der Waals surface area contributed by atoms with Crippen molar-refractivity contribution >= 4 is 5.91 Å². The molecule has 2 aromatic rings. The zero-order valence-electron chi connectivity index (χ0n) is 17.2. The predicted molar refractivity (Wildman–Crippen MR) is 115 cm³/mol. The van der Waals surface area contributed by atoms with Gasteiger partial charge in [-0.2, -0.15) is 0 Å². The molecule has 3 heterocycles. The maximum atomic E-state index is 13.4. The molecule has 2 saturated heterocycles. The highest BCUT2D eigenvalue weighted by molar-refractivity contribution is 5.96. The highest BCUT2D eigenvalue weighted by atomic mass is 16.2. The van der Waals surface area contributed by atoms with Crippen molar-refractivity contribution in [3.8, 4) is 0 Å². The highest BCUT2D eigenvalue weighted by Gasteiger charge is 2.44. The third-order valence-electron chi connectivity index (χ3n) is 7.33. The Morgan fingerprint density at radius 1 is 1.00 bits per heavy atom. The molecular formula is C25H31N3O. The summed E-state index contributed by atoms with van der Waals surface area (Å²) in [4.78, 5) is 22.6. The van der Waals surface area contributed by atoms with E-state index in [2.05, 4.69) is 39.0 Å². The first-order valence-corrected chi connectivity index (χ1v) is 11.3. The van der Waals surface area contributed by atoms with Crippen molar-refractivity contribution in [3.05, 3.63) is 65.5 Å². The van der Waals surface area contributed by atoms with Crippen LogP contribution in [0.15, 0.2) is 48.7 Å². The number of hydrogen-bond acceptors (Lipinski definition) is 3.